The van der Waals surface area contributed by atoms with Crippen LogP contribution in [0.25, 0.3) is 0 Å². The summed E-state index contributed by atoms with van der Waals surface area (Å²) >= 11 is 0. The van der Waals surface area contributed by atoms with E-state index < -0.39 is 23.7 Å². The molecule has 9 heteroatoms. The van der Waals surface area contributed by atoms with E-state index in [1.54, 1.807) is 18.5 Å². The number of halogens is 3. The lowest BCUT2D eigenvalue weighted by molar-refractivity contribution is -0.317. The van der Waals surface area contributed by atoms with Crippen molar-refractivity contribution < 1.29 is 23.1 Å². The molecule has 2 heterocycles. The molecule has 25 heavy (non-hydrogen) atoms. The van der Waals surface area contributed by atoms with Gasteiger partial charge in [-0.3, -0.25) is 9.48 Å². The van der Waals surface area contributed by atoms with E-state index >= 15 is 0 Å². The molecule has 6 nitrogen and oxygen atoms in total. The molecule has 0 spiro atoms. The zero-order chi connectivity index (χ0) is 18.4. The van der Waals surface area contributed by atoms with Crippen LogP contribution in [0.15, 0.2) is 11.2 Å². The van der Waals surface area contributed by atoms with Gasteiger partial charge in [0.25, 0.3) is 5.72 Å². The van der Waals surface area contributed by atoms with Crippen molar-refractivity contribution in [2.24, 2.45) is 11.0 Å². The van der Waals surface area contributed by atoms with Crippen molar-refractivity contribution in [1.82, 2.24) is 14.8 Å². The Kier molecular flexibility index (Phi) is 4.38. The number of hydrogen-bond donors (Lipinski definition) is 1. The Bertz CT molecular complexity index is 713. The maximum Gasteiger partial charge on any atom is 0.439 e. The first kappa shape index (κ1) is 17.9. The normalized spacial score (nSPS) is 26.6. The molecule has 2 atom stereocenters. The van der Waals surface area contributed by atoms with Crippen LogP contribution < -0.4 is 0 Å². The lowest BCUT2D eigenvalue weighted by Gasteiger charge is -2.38. The Morgan fingerprint density at radius 2 is 2.12 bits per heavy atom. The minimum absolute atomic E-state index is 0.137. The highest BCUT2D eigenvalue weighted by Gasteiger charge is 2.68. The standard InChI is InChI=1S/C16H21F3N4O2/c1-10-9-11(2)22(20-10)8-7-14(24)23-15(25,16(17,18)19)12-5-3-4-6-13(12)21-23/h9,12,25H,3-8H2,1-2H3/t12-,15+/m0/s1. The van der Waals surface area contributed by atoms with Gasteiger partial charge in [-0.15, -0.1) is 0 Å². The Morgan fingerprint density at radius 3 is 2.72 bits per heavy atom. The van der Waals surface area contributed by atoms with Crippen LogP contribution in [0, 0.1) is 19.8 Å². The summed E-state index contributed by atoms with van der Waals surface area (Å²) < 4.78 is 42.4. The quantitative estimate of drug-likeness (QED) is 0.903. The number of aromatic nitrogens is 2. The first-order chi connectivity index (χ1) is 11.6. The van der Waals surface area contributed by atoms with Gasteiger partial charge in [-0.1, -0.05) is 6.42 Å². The highest BCUT2D eigenvalue weighted by atomic mass is 19.4. The molecule has 1 aromatic heterocycles. The molecule has 0 unspecified atom stereocenters. The molecule has 1 aliphatic heterocycles. The number of hydrogen-bond acceptors (Lipinski definition) is 4. The Hall–Kier alpha value is -1.90. The molecule has 1 saturated carbocycles. The van der Waals surface area contributed by atoms with Crippen LogP contribution in [-0.2, 0) is 11.3 Å². The molecule has 1 aromatic rings. The maximum atomic E-state index is 13.6. The number of carbonyl (C=O) groups excluding carboxylic acids is 1. The Morgan fingerprint density at radius 1 is 1.40 bits per heavy atom. The first-order valence-corrected chi connectivity index (χ1v) is 8.35. The number of aliphatic hydroxyl groups is 1. The third-order valence-corrected chi connectivity index (χ3v) is 4.91. The van der Waals surface area contributed by atoms with E-state index in [2.05, 4.69) is 10.2 Å². The number of hydrazone groups is 1. The van der Waals surface area contributed by atoms with E-state index in [1.807, 2.05) is 6.07 Å². The van der Waals surface area contributed by atoms with Crippen LogP contribution in [0.2, 0.25) is 0 Å². The van der Waals surface area contributed by atoms with E-state index in [0.29, 0.717) is 12.8 Å². The van der Waals surface area contributed by atoms with Crippen LogP contribution in [0.3, 0.4) is 0 Å². The van der Waals surface area contributed by atoms with Crippen LogP contribution in [-0.4, -0.2) is 43.4 Å². The minimum atomic E-state index is -4.96. The van der Waals surface area contributed by atoms with Crippen molar-refractivity contribution in [2.75, 3.05) is 0 Å². The van der Waals surface area contributed by atoms with Gasteiger partial charge in [0, 0.05) is 17.8 Å². The van der Waals surface area contributed by atoms with Crippen molar-refractivity contribution in [3.8, 4) is 0 Å². The Labute approximate surface area is 143 Å². The third kappa shape index (κ3) is 2.94. The van der Waals surface area contributed by atoms with E-state index in [1.165, 1.54) is 0 Å². The second-order valence-electron chi connectivity index (χ2n) is 6.72. The van der Waals surface area contributed by atoms with Gasteiger partial charge >= 0.3 is 6.18 Å². The van der Waals surface area contributed by atoms with Gasteiger partial charge in [0.2, 0.25) is 5.91 Å². The fourth-order valence-electron chi connectivity index (χ4n) is 3.67. The highest BCUT2D eigenvalue weighted by Crippen LogP contribution is 2.48. The second-order valence-corrected chi connectivity index (χ2v) is 6.72. The monoisotopic (exact) mass is 358 g/mol. The van der Waals surface area contributed by atoms with Crippen LogP contribution in [0.1, 0.15) is 43.5 Å². The fraction of sp³-hybridized carbons (Fsp3) is 0.688. The largest absolute Gasteiger partial charge is 0.439 e. The number of nitrogens with zero attached hydrogens (tertiary/aromatic N) is 4. The molecule has 1 fully saturated rings. The summed E-state index contributed by atoms with van der Waals surface area (Å²) in [5.74, 6) is -2.02. The second kappa shape index (κ2) is 6.12. The number of amides is 1. The van der Waals surface area contributed by atoms with Gasteiger partial charge in [-0.2, -0.15) is 28.4 Å². The Balaban J connectivity index is 1.82. The maximum absolute atomic E-state index is 13.6. The predicted octanol–water partition coefficient (Wildman–Crippen LogP) is 2.53. The van der Waals surface area contributed by atoms with Crippen molar-refractivity contribution in [3.63, 3.8) is 0 Å². The summed E-state index contributed by atoms with van der Waals surface area (Å²) in [6, 6.07) is 1.82. The third-order valence-electron chi connectivity index (χ3n) is 4.91. The molecule has 1 aliphatic carbocycles. The van der Waals surface area contributed by atoms with Gasteiger partial charge in [0.05, 0.1) is 18.2 Å². The zero-order valence-corrected chi connectivity index (χ0v) is 14.2. The first-order valence-electron chi connectivity index (χ1n) is 8.35. The van der Waals surface area contributed by atoms with Crippen LogP contribution in [0.4, 0.5) is 13.2 Å². The van der Waals surface area contributed by atoms with Crippen molar-refractivity contribution in [3.05, 3.63) is 17.5 Å². The van der Waals surface area contributed by atoms with Gasteiger partial charge in [-0.25, -0.2) is 0 Å². The van der Waals surface area contributed by atoms with Crippen molar-refractivity contribution >= 4 is 11.6 Å². The van der Waals surface area contributed by atoms with E-state index in [9.17, 15) is 23.1 Å². The lowest BCUT2D eigenvalue weighted by Crippen LogP contribution is -2.61. The summed E-state index contributed by atoms with van der Waals surface area (Å²) in [4.78, 5) is 12.5. The molecular formula is C16H21F3N4O2. The lowest BCUT2D eigenvalue weighted by atomic mass is 9.80. The molecule has 0 radical (unpaired) electrons. The predicted molar refractivity (Wildman–Crippen MR) is 83.6 cm³/mol. The topological polar surface area (TPSA) is 70.7 Å². The molecule has 0 bridgehead atoms. The van der Waals surface area contributed by atoms with E-state index in [4.69, 9.17) is 0 Å². The molecule has 3 rings (SSSR count). The molecule has 1 amide bonds. The molecule has 0 aromatic carbocycles. The highest BCUT2D eigenvalue weighted by molar-refractivity contribution is 5.93. The number of rotatable bonds is 3. The zero-order valence-electron chi connectivity index (χ0n) is 14.2. The molecular weight excluding hydrogens is 337 g/mol. The van der Waals surface area contributed by atoms with Crippen LogP contribution in [0.5, 0.6) is 0 Å². The van der Waals surface area contributed by atoms with Gasteiger partial charge in [0.1, 0.15) is 0 Å². The molecule has 2 aliphatic rings. The number of fused-ring (bicyclic) bond motifs is 1. The minimum Gasteiger partial charge on any atom is -0.362 e. The molecule has 1 N–H and O–H groups in total. The summed E-state index contributed by atoms with van der Waals surface area (Å²) in [6.45, 7) is 3.74. The number of aryl methyl sites for hydroxylation is 3. The smallest absolute Gasteiger partial charge is 0.362 e. The summed E-state index contributed by atoms with van der Waals surface area (Å²) in [5, 5.41) is 18.8. The average Bonchev–Trinajstić information content (AvgIpc) is 3.02. The summed E-state index contributed by atoms with van der Waals surface area (Å²) in [6.07, 6.45) is -3.33. The van der Waals surface area contributed by atoms with Gasteiger partial charge in [-0.05, 0) is 39.2 Å². The molecule has 0 saturated heterocycles. The average molecular weight is 358 g/mol. The SMILES string of the molecule is Cc1cc(C)n(CCC(=O)N2N=C3CCCC[C@@H]3[C@@]2(O)C(F)(F)F)n1. The molecule has 138 valence electrons. The van der Waals surface area contributed by atoms with E-state index in [0.717, 1.165) is 17.8 Å². The fourth-order valence-corrected chi connectivity index (χ4v) is 3.67. The number of carbonyl (C=O) groups is 1. The van der Waals surface area contributed by atoms with E-state index in [-0.39, 0.29) is 30.1 Å². The van der Waals surface area contributed by atoms with Gasteiger partial charge in [0.15, 0.2) is 0 Å². The van der Waals surface area contributed by atoms with Crippen LogP contribution >= 0.6 is 0 Å². The summed E-state index contributed by atoms with van der Waals surface area (Å²) in [7, 11) is 0. The van der Waals surface area contributed by atoms with Gasteiger partial charge < -0.3 is 5.11 Å². The summed E-state index contributed by atoms with van der Waals surface area (Å²) in [5.41, 5.74) is -1.39. The van der Waals surface area contributed by atoms with Crippen molar-refractivity contribution in [2.45, 2.75) is 64.4 Å². The van der Waals surface area contributed by atoms with Crippen molar-refractivity contribution in [1.29, 1.82) is 0 Å². The number of alkyl halides is 3.